The second-order valence-electron chi connectivity index (χ2n) is 7.15. The molecule has 2 heterocycles. The lowest BCUT2D eigenvalue weighted by Crippen LogP contribution is -2.13. The van der Waals surface area contributed by atoms with Gasteiger partial charge in [-0.3, -0.25) is 0 Å². The first-order chi connectivity index (χ1) is 14.0. The Kier molecular flexibility index (Phi) is 5.73. The highest BCUT2D eigenvalue weighted by atomic mass is 32.1. The highest BCUT2D eigenvalue weighted by Crippen LogP contribution is 2.39. The molecule has 29 heavy (non-hydrogen) atoms. The van der Waals surface area contributed by atoms with Gasteiger partial charge in [0.15, 0.2) is 5.82 Å². The number of aliphatic carboxylic acids is 1. The van der Waals surface area contributed by atoms with Crippen molar-refractivity contribution < 1.29 is 19.0 Å². The Bertz CT molecular complexity index is 1040. The summed E-state index contributed by atoms with van der Waals surface area (Å²) in [6, 6.07) is 6.35. The number of nitrogens with zero attached hydrogens (tertiary/aromatic N) is 2. The Labute approximate surface area is 171 Å². The zero-order valence-electron chi connectivity index (χ0n) is 16.1. The van der Waals surface area contributed by atoms with Crippen molar-refractivity contribution in [1.82, 2.24) is 9.97 Å². The van der Waals surface area contributed by atoms with Crippen LogP contribution in [0.25, 0.3) is 10.2 Å². The van der Waals surface area contributed by atoms with Gasteiger partial charge in [-0.05, 0) is 55.9 Å². The monoisotopic (exact) mass is 415 g/mol. The van der Waals surface area contributed by atoms with Crippen LogP contribution in [0.5, 0.6) is 0 Å². The first-order valence-corrected chi connectivity index (χ1v) is 10.5. The Morgan fingerprint density at radius 3 is 2.79 bits per heavy atom. The summed E-state index contributed by atoms with van der Waals surface area (Å²) in [6.45, 7) is 1.85. The molecule has 2 N–H and O–H groups in total. The van der Waals surface area contributed by atoms with E-state index in [-0.39, 0.29) is 5.82 Å². The fourth-order valence-corrected chi connectivity index (χ4v) is 4.81. The number of fused-ring (bicyclic) bond motifs is 3. The second-order valence-corrected chi connectivity index (χ2v) is 8.23. The molecule has 2 aromatic heterocycles. The molecule has 8 heteroatoms. The molecule has 0 amide bonds. The van der Waals surface area contributed by atoms with Gasteiger partial charge in [0.1, 0.15) is 29.2 Å². The van der Waals surface area contributed by atoms with E-state index < -0.39 is 18.7 Å². The summed E-state index contributed by atoms with van der Waals surface area (Å²) < 4.78 is 18.6. The lowest BCUT2D eigenvalue weighted by Gasteiger charge is -2.15. The number of aryl methyl sites for hydroxylation is 2. The molecule has 0 bridgehead atoms. The highest BCUT2D eigenvalue weighted by molar-refractivity contribution is 7.19. The van der Waals surface area contributed by atoms with Crippen LogP contribution in [0.2, 0.25) is 0 Å². The average Bonchev–Trinajstić information content (AvgIpc) is 3.10. The molecule has 0 aliphatic heterocycles. The molecule has 1 aromatic carbocycles. The van der Waals surface area contributed by atoms with Gasteiger partial charge in [-0.2, -0.15) is 0 Å². The van der Waals surface area contributed by atoms with Gasteiger partial charge in [-0.15, -0.1) is 11.3 Å². The maximum atomic E-state index is 13.2. The van der Waals surface area contributed by atoms with Gasteiger partial charge in [0.25, 0.3) is 0 Å². The molecular weight excluding hydrogens is 393 g/mol. The number of benzene rings is 1. The van der Waals surface area contributed by atoms with Crippen LogP contribution in [0, 0.1) is 5.82 Å². The third-order valence-corrected chi connectivity index (χ3v) is 6.21. The maximum absolute atomic E-state index is 13.2. The van der Waals surface area contributed by atoms with E-state index in [4.69, 9.17) is 9.84 Å². The third kappa shape index (κ3) is 4.38. The molecule has 0 spiro atoms. The molecule has 1 unspecified atom stereocenters. The number of carboxylic acids is 1. The molecule has 4 rings (SSSR count). The molecule has 0 saturated carbocycles. The number of anilines is 1. The van der Waals surface area contributed by atoms with Crippen molar-refractivity contribution in [2.45, 2.75) is 45.3 Å². The number of ether oxygens (including phenoxy) is 1. The van der Waals surface area contributed by atoms with E-state index in [2.05, 4.69) is 15.3 Å². The van der Waals surface area contributed by atoms with Gasteiger partial charge in [-0.25, -0.2) is 19.2 Å². The Balaban J connectivity index is 1.69. The van der Waals surface area contributed by atoms with Gasteiger partial charge in [0.05, 0.1) is 5.39 Å². The van der Waals surface area contributed by atoms with Crippen molar-refractivity contribution >= 4 is 33.3 Å². The van der Waals surface area contributed by atoms with E-state index >= 15 is 0 Å². The fourth-order valence-electron chi connectivity index (χ4n) is 3.54. The summed E-state index contributed by atoms with van der Waals surface area (Å²) in [7, 11) is 0. The third-order valence-electron chi connectivity index (χ3n) is 5.03. The molecular formula is C21H22FN3O3S. The van der Waals surface area contributed by atoms with Gasteiger partial charge in [-0.1, -0.05) is 12.1 Å². The van der Waals surface area contributed by atoms with Crippen LogP contribution in [0.1, 0.15) is 47.7 Å². The minimum atomic E-state index is -1.03. The molecule has 6 nitrogen and oxygen atoms in total. The van der Waals surface area contributed by atoms with Crippen LogP contribution in [0.3, 0.4) is 0 Å². The summed E-state index contributed by atoms with van der Waals surface area (Å²) in [6.07, 6.45) is 3.84. The van der Waals surface area contributed by atoms with Crippen molar-refractivity contribution in [3.63, 3.8) is 0 Å². The molecule has 0 radical (unpaired) electrons. The number of carboxylic acid groups (broad SMARTS) is 1. The number of hydrogen-bond donors (Lipinski definition) is 2. The number of carbonyl (C=O) groups is 1. The van der Waals surface area contributed by atoms with Crippen molar-refractivity contribution in [2.24, 2.45) is 0 Å². The number of aromatic nitrogens is 2. The second kappa shape index (κ2) is 8.42. The lowest BCUT2D eigenvalue weighted by atomic mass is 9.97. The topological polar surface area (TPSA) is 84.3 Å². The first kappa shape index (κ1) is 19.7. The van der Waals surface area contributed by atoms with Crippen molar-refractivity contribution in [3.8, 4) is 0 Å². The van der Waals surface area contributed by atoms with Crippen LogP contribution in [-0.4, -0.2) is 27.7 Å². The summed E-state index contributed by atoms with van der Waals surface area (Å²) in [5, 5.41) is 13.3. The normalized spacial score (nSPS) is 14.6. The molecule has 1 aliphatic carbocycles. The predicted octanol–water partition coefficient (Wildman–Crippen LogP) is 4.48. The SMILES string of the molecule is CC(OCC(=O)O)c1nc(NCc2ccc(F)cc2)c2c3c(sc2n1)CCCC3. The highest BCUT2D eigenvalue weighted by Gasteiger charge is 2.23. The number of rotatable bonds is 7. The van der Waals surface area contributed by atoms with E-state index in [9.17, 15) is 9.18 Å². The van der Waals surface area contributed by atoms with Gasteiger partial charge >= 0.3 is 5.97 Å². The van der Waals surface area contributed by atoms with E-state index in [1.165, 1.54) is 29.0 Å². The van der Waals surface area contributed by atoms with Gasteiger partial charge in [0, 0.05) is 11.4 Å². The van der Waals surface area contributed by atoms with Crippen LogP contribution >= 0.6 is 11.3 Å². The van der Waals surface area contributed by atoms with Crippen LogP contribution in [-0.2, 0) is 28.9 Å². The van der Waals surface area contributed by atoms with Crippen molar-refractivity contribution in [1.29, 1.82) is 0 Å². The number of halogens is 1. The summed E-state index contributed by atoms with van der Waals surface area (Å²) in [5.41, 5.74) is 2.25. The number of hydrogen-bond acceptors (Lipinski definition) is 6. The van der Waals surface area contributed by atoms with Crippen LogP contribution in [0.4, 0.5) is 10.2 Å². The Hall–Kier alpha value is -2.58. The van der Waals surface area contributed by atoms with Crippen LogP contribution in [0.15, 0.2) is 24.3 Å². The molecule has 1 aliphatic rings. The summed E-state index contributed by atoms with van der Waals surface area (Å²) in [4.78, 5) is 22.4. The smallest absolute Gasteiger partial charge is 0.329 e. The average molecular weight is 415 g/mol. The zero-order valence-corrected chi connectivity index (χ0v) is 16.9. The summed E-state index contributed by atoms with van der Waals surface area (Å²) >= 11 is 1.68. The standard InChI is InChI=1S/C21H22FN3O3S/c1-12(28-11-17(26)27)19-24-20(23-10-13-6-8-14(22)9-7-13)18-15-4-2-3-5-16(15)29-21(18)25-19/h6-9,12H,2-5,10-11H2,1H3,(H,26,27)(H,23,24,25). The first-order valence-electron chi connectivity index (χ1n) is 9.65. The number of nitrogens with one attached hydrogen (secondary N) is 1. The lowest BCUT2D eigenvalue weighted by molar-refractivity contribution is -0.144. The molecule has 152 valence electrons. The minimum absolute atomic E-state index is 0.267. The van der Waals surface area contributed by atoms with E-state index in [0.717, 1.165) is 40.9 Å². The molecule has 1 atom stereocenters. The van der Waals surface area contributed by atoms with Crippen molar-refractivity contribution in [2.75, 3.05) is 11.9 Å². The Morgan fingerprint density at radius 1 is 1.28 bits per heavy atom. The van der Waals surface area contributed by atoms with E-state index in [1.807, 2.05) is 0 Å². The van der Waals surface area contributed by atoms with Gasteiger partial charge in [0.2, 0.25) is 0 Å². The molecule has 0 saturated heterocycles. The van der Waals surface area contributed by atoms with E-state index in [1.54, 1.807) is 30.4 Å². The molecule has 0 fully saturated rings. The summed E-state index contributed by atoms with van der Waals surface area (Å²) in [5.74, 6) is -0.116. The predicted molar refractivity (Wildman–Crippen MR) is 110 cm³/mol. The van der Waals surface area contributed by atoms with Crippen molar-refractivity contribution in [3.05, 3.63) is 51.9 Å². The number of thiophene rings is 1. The zero-order chi connectivity index (χ0) is 20.4. The van der Waals surface area contributed by atoms with Gasteiger partial charge < -0.3 is 15.2 Å². The molecule has 3 aromatic rings. The van der Waals surface area contributed by atoms with Crippen LogP contribution < -0.4 is 5.32 Å². The minimum Gasteiger partial charge on any atom is -0.480 e. The fraction of sp³-hybridized carbons (Fsp3) is 0.381. The van der Waals surface area contributed by atoms with E-state index in [0.29, 0.717) is 12.4 Å². The largest absolute Gasteiger partial charge is 0.480 e. The quantitative estimate of drug-likeness (QED) is 0.592. The maximum Gasteiger partial charge on any atom is 0.329 e. The Morgan fingerprint density at radius 2 is 2.03 bits per heavy atom.